The number of hydrogen-bond donors (Lipinski definition) is 1. The normalized spacial score (nSPS) is 15.9. The Morgan fingerprint density at radius 1 is 1.12 bits per heavy atom. The third-order valence-electron chi connectivity index (χ3n) is 6.12. The van der Waals surface area contributed by atoms with Gasteiger partial charge in [-0.15, -0.1) is 0 Å². The highest BCUT2D eigenvalue weighted by atomic mass is 16.2. The van der Waals surface area contributed by atoms with Gasteiger partial charge in [0.2, 0.25) is 11.8 Å². The van der Waals surface area contributed by atoms with Crippen LogP contribution in [0.2, 0.25) is 0 Å². The van der Waals surface area contributed by atoms with E-state index in [0.717, 1.165) is 29.5 Å². The van der Waals surface area contributed by atoms with Gasteiger partial charge >= 0.3 is 5.69 Å². The fraction of sp³-hybridized carbons (Fsp3) is 0.375. The average molecular weight is 450 g/mol. The molecule has 4 rings (SSSR count). The number of nitrogens with one attached hydrogen (secondary N) is 1. The Morgan fingerprint density at radius 3 is 2.55 bits per heavy atom. The molecule has 1 aliphatic heterocycles. The van der Waals surface area contributed by atoms with Crippen molar-refractivity contribution < 1.29 is 9.59 Å². The Hall–Kier alpha value is -3.75. The molecular weight excluding hydrogens is 422 g/mol. The van der Waals surface area contributed by atoms with Gasteiger partial charge in [0.1, 0.15) is 5.65 Å². The number of anilines is 2. The Balaban J connectivity index is 1.49. The molecule has 1 fully saturated rings. The van der Waals surface area contributed by atoms with Gasteiger partial charge in [-0.05, 0) is 36.6 Å². The Kier molecular flexibility index (Phi) is 6.13. The maximum Gasteiger partial charge on any atom is 0.332 e. The van der Waals surface area contributed by atoms with Crippen LogP contribution in [-0.4, -0.2) is 32.5 Å². The van der Waals surface area contributed by atoms with E-state index in [4.69, 9.17) is 0 Å². The van der Waals surface area contributed by atoms with Crippen LogP contribution in [0.1, 0.15) is 31.7 Å². The van der Waals surface area contributed by atoms with Gasteiger partial charge in [-0.2, -0.15) is 0 Å². The molecule has 0 radical (unpaired) electrons. The molecule has 9 nitrogen and oxygen atoms in total. The van der Waals surface area contributed by atoms with E-state index in [1.54, 1.807) is 4.90 Å². The van der Waals surface area contributed by atoms with Crippen LogP contribution < -0.4 is 21.5 Å². The van der Waals surface area contributed by atoms with Crippen LogP contribution in [0.3, 0.4) is 0 Å². The molecule has 1 aliphatic rings. The number of carbonyl (C=O) groups excluding carboxylic acids is 2. The largest absolute Gasteiger partial charge is 0.332 e. The van der Waals surface area contributed by atoms with E-state index in [9.17, 15) is 19.2 Å². The standard InChI is InChI=1S/C24H27N5O4/c1-4-5-6-15-7-9-18(10-8-15)29-14-16(11-20(29)30)22(31)26-17-12-19-21(25-13-17)27(2)24(33)28(3)23(19)32/h7-10,12-13,16H,4-6,11,14H2,1-3H3,(H,26,31). The molecule has 172 valence electrons. The van der Waals surface area contributed by atoms with Crippen LogP contribution in [0.15, 0.2) is 46.1 Å². The zero-order chi connectivity index (χ0) is 23.7. The van der Waals surface area contributed by atoms with Gasteiger partial charge < -0.3 is 10.2 Å². The minimum atomic E-state index is -0.518. The first-order valence-electron chi connectivity index (χ1n) is 11.1. The highest BCUT2D eigenvalue weighted by molar-refractivity contribution is 6.03. The number of pyridine rings is 1. The number of hydrogen-bond acceptors (Lipinski definition) is 5. The summed E-state index contributed by atoms with van der Waals surface area (Å²) in [6, 6.07) is 9.42. The zero-order valence-electron chi connectivity index (χ0n) is 19.0. The van der Waals surface area contributed by atoms with E-state index in [0.29, 0.717) is 5.69 Å². The Morgan fingerprint density at radius 2 is 1.85 bits per heavy atom. The van der Waals surface area contributed by atoms with Crippen molar-refractivity contribution in [1.82, 2.24) is 14.1 Å². The number of carbonyl (C=O) groups is 2. The lowest BCUT2D eigenvalue weighted by Crippen LogP contribution is -2.37. The molecule has 3 heterocycles. The van der Waals surface area contributed by atoms with Crippen LogP contribution in [-0.2, 0) is 30.1 Å². The first-order valence-corrected chi connectivity index (χ1v) is 11.1. The third-order valence-corrected chi connectivity index (χ3v) is 6.12. The summed E-state index contributed by atoms with van der Waals surface area (Å²) in [5.74, 6) is -0.930. The Labute approximate surface area is 190 Å². The van der Waals surface area contributed by atoms with Crippen molar-refractivity contribution in [2.75, 3.05) is 16.8 Å². The molecule has 1 unspecified atom stereocenters. The average Bonchev–Trinajstić information content (AvgIpc) is 3.22. The predicted molar refractivity (Wildman–Crippen MR) is 126 cm³/mol. The fourth-order valence-corrected chi connectivity index (χ4v) is 4.13. The summed E-state index contributed by atoms with van der Waals surface area (Å²) in [7, 11) is 2.93. The summed E-state index contributed by atoms with van der Waals surface area (Å²) in [5.41, 5.74) is 1.64. The summed E-state index contributed by atoms with van der Waals surface area (Å²) >= 11 is 0. The molecule has 1 N–H and O–H groups in total. The molecule has 9 heteroatoms. The first kappa shape index (κ1) is 22.4. The minimum absolute atomic E-state index is 0.100. The number of amides is 2. The molecular formula is C24H27N5O4. The number of fused-ring (bicyclic) bond motifs is 1. The SMILES string of the molecule is CCCCc1ccc(N2CC(C(=O)Nc3cnc4c(c3)c(=O)n(C)c(=O)n4C)CC2=O)cc1. The molecule has 3 aromatic rings. The monoisotopic (exact) mass is 449 g/mol. The van der Waals surface area contributed by atoms with Gasteiger partial charge in [-0.1, -0.05) is 25.5 Å². The lowest BCUT2D eigenvalue weighted by molar-refractivity contribution is -0.122. The Bertz CT molecular complexity index is 1340. The second kappa shape index (κ2) is 9.01. The molecule has 0 spiro atoms. The van der Waals surface area contributed by atoms with Gasteiger partial charge in [0.05, 0.1) is 23.2 Å². The third kappa shape index (κ3) is 4.30. The summed E-state index contributed by atoms with van der Waals surface area (Å²) < 4.78 is 2.28. The van der Waals surface area contributed by atoms with Crippen LogP contribution in [0.25, 0.3) is 11.0 Å². The number of benzene rings is 1. The van der Waals surface area contributed by atoms with Gasteiger partial charge in [0, 0.05) is 32.7 Å². The van der Waals surface area contributed by atoms with Crippen molar-refractivity contribution in [1.29, 1.82) is 0 Å². The summed E-state index contributed by atoms with van der Waals surface area (Å²) in [6.45, 7) is 2.44. The quantitative estimate of drug-likeness (QED) is 0.619. The molecule has 1 saturated heterocycles. The maximum atomic E-state index is 12.9. The minimum Gasteiger partial charge on any atom is -0.324 e. The smallest absolute Gasteiger partial charge is 0.324 e. The van der Waals surface area contributed by atoms with Gasteiger partial charge in [-0.3, -0.25) is 23.5 Å². The highest BCUT2D eigenvalue weighted by Gasteiger charge is 2.35. The van der Waals surface area contributed by atoms with E-state index >= 15 is 0 Å². The molecule has 0 aliphatic carbocycles. The zero-order valence-corrected chi connectivity index (χ0v) is 19.0. The second-order valence-electron chi connectivity index (χ2n) is 8.47. The van der Waals surface area contributed by atoms with Gasteiger partial charge in [0.25, 0.3) is 5.56 Å². The van der Waals surface area contributed by atoms with E-state index < -0.39 is 17.2 Å². The van der Waals surface area contributed by atoms with Crippen molar-refractivity contribution in [3.8, 4) is 0 Å². The van der Waals surface area contributed by atoms with E-state index in [-0.39, 0.29) is 35.8 Å². The second-order valence-corrected chi connectivity index (χ2v) is 8.47. The van der Waals surface area contributed by atoms with E-state index in [1.165, 1.54) is 36.5 Å². The van der Waals surface area contributed by atoms with Crippen molar-refractivity contribution in [2.45, 2.75) is 32.6 Å². The highest BCUT2D eigenvalue weighted by Crippen LogP contribution is 2.27. The molecule has 2 aromatic heterocycles. The van der Waals surface area contributed by atoms with Crippen molar-refractivity contribution >= 4 is 34.2 Å². The van der Waals surface area contributed by atoms with E-state index in [2.05, 4.69) is 17.2 Å². The first-order chi connectivity index (χ1) is 15.8. The van der Waals surface area contributed by atoms with Gasteiger partial charge in [0.15, 0.2) is 0 Å². The lowest BCUT2D eigenvalue weighted by atomic mass is 10.1. The number of aryl methyl sites for hydroxylation is 2. The molecule has 0 saturated carbocycles. The van der Waals surface area contributed by atoms with Crippen molar-refractivity contribution in [3.05, 3.63) is 62.9 Å². The van der Waals surface area contributed by atoms with Crippen LogP contribution in [0, 0.1) is 5.92 Å². The van der Waals surface area contributed by atoms with Crippen molar-refractivity contribution in [3.63, 3.8) is 0 Å². The summed E-state index contributed by atoms with van der Waals surface area (Å²) in [5, 5.41) is 2.99. The number of nitrogens with zero attached hydrogens (tertiary/aromatic N) is 4. The summed E-state index contributed by atoms with van der Waals surface area (Å²) in [4.78, 5) is 55.8. The van der Waals surface area contributed by atoms with E-state index in [1.807, 2.05) is 24.3 Å². The lowest BCUT2D eigenvalue weighted by Gasteiger charge is -2.17. The topological polar surface area (TPSA) is 106 Å². The fourth-order valence-electron chi connectivity index (χ4n) is 4.13. The molecule has 1 aromatic carbocycles. The summed E-state index contributed by atoms with van der Waals surface area (Å²) in [6.07, 6.45) is 4.77. The predicted octanol–water partition coefficient (Wildman–Crippen LogP) is 1.97. The molecule has 0 bridgehead atoms. The van der Waals surface area contributed by atoms with Crippen LogP contribution in [0.4, 0.5) is 11.4 Å². The van der Waals surface area contributed by atoms with Gasteiger partial charge in [-0.25, -0.2) is 9.78 Å². The van der Waals surface area contributed by atoms with Crippen LogP contribution in [0.5, 0.6) is 0 Å². The number of aromatic nitrogens is 3. The molecule has 2 amide bonds. The van der Waals surface area contributed by atoms with Crippen LogP contribution >= 0.6 is 0 Å². The number of unbranched alkanes of at least 4 members (excludes halogenated alkanes) is 1. The molecule has 1 atom stereocenters. The molecule has 33 heavy (non-hydrogen) atoms. The van der Waals surface area contributed by atoms with Crippen molar-refractivity contribution in [2.24, 2.45) is 20.0 Å². The maximum absolute atomic E-state index is 12.9. The number of rotatable bonds is 6.